The first-order chi connectivity index (χ1) is 13.9. The second-order valence-electron chi connectivity index (χ2n) is 7.70. The van der Waals surface area contributed by atoms with Crippen LogP contribution in [0.25, 0.3) is 0 Å². The van der Waals surface area contributed by atoms with Crippen LogP contribution in [0, 0.1) is 20.2 Å². The minimum atomic E-state index is -1.90. The van der Waals surface area contributed by atoms with Crippen LogP contribution in [0.5, 0.6) is 0 Å². The minimum absolute atomic E-state index is 0.0340. The lowest BCUT2D eigenvalue weighted by Gasteiger charge is -2.29. The lowest BCUT2D eigenvalue weighted by Crippen LogP contribution is -2.46. The van der Waals surface area contributed by atoms with Gasteiger partial charge in [0.15, 0.2) is 0 Å². The van der Waals surface area contributed by atoms with E-state index in [1.165, 1.54) is 19.1 Å². The standard InChI is InChI=1S/C19H22N4O7/c1-6-30-17(25)19(5,12-7-9-13(10-8-12)22(26)27)15-14(23(28)29)11-20-21(16(15)24)18(2,3)4/h7-11H,6H2,1-5H3. The summed E-state index contributed by atoms with van der Waals surface area (Å²) in [5.41, 5.74) is -4.73. The summed E-state index contributed by atoms with van der Waals surface area (Å²) in [4.78, 5) is 47.6. The summed E-state index contributed by atoms with van der Waals surface area (Å²) >= 11 is 0. The molecule has 1 unspecified atom stereocenters. The van der Waals surface area contributed by atoms with Gasteiger partial charge in [-0.25, -0.2) is 4.68 Å². The molecule has 30 heavy (non-hydrogen) atoms. The first-order valence-electron chi connectivity index (χ1n) is 9.05. The van der Waals surface area contributed by atoms with Crippen LogP contribution in [0.1, 0.15) is 45.7 Å². The van der Waals surface area contributed by atoms with Crippen LogP contribution in [0.3, 0.4) is 0 Å². The molecule has 1 atom stereocenters. The maximum absolute atomic E-state index is 13.3. The van der Waals surface area contributed by atoms with Crippen LogP contribution in [0.4, 0.5) is 11.4 Å². The van der Waals surface area contributed by atoms with E-state index in [0.29, 0.717) is 0 Å². The van der Waals surface area contributed by atoms with Gasteiger partial charge in [0.1, 0.15) is 17.2 Å². The molecular formula is C19H22N4O7. The second-order valence-corrected chi connectivity index (χ2v) is 7.70. The van der Waals surface area contributed by atoms with Crippen LogP contribution in [-0.2, 0) is 20.5 Å². The zero-order chi connectivity index (χ0) is 22.9. The third-order valence-electron chi connectivity index (χ3n) is 4.63. The Morgan fingerprint density at radius 2 is 1.67 bits per heavy atom. The van der Waals surface area contributed by atoms with Gasteiger partial charge in [0.2, 0.25) is 0 Å². The molecule has 160 valence electrons. The maximum atomic E-state index is 13.3. The lowest BCUT2D eigenvalue weighted by molar-refractivity contribution is -0.386. The van der Waals surface area contributed by atoms with Crippen molar-refractivity contribution in [1.29, 1.82) is 0 Å². The summed E-state index contributed by atoms with van der Waals surface area (Å²) in [5, 5.41) is 26.6. The number of hydrogen-bond acceptors (Lipinski definition) is 8. The Bertz CT molecular complexity index is 1050. The number of ether oxygens (including phenoxy) is 1. The summed E-state index contributed by atoms with van der Waals surface area (Å²) in [6, 6.07) is 4.87. The fourth-order valence-corrected chi connectivity index (χ4v) is 3.09. The Morgan fingerprint density at radius 1 is 1.10 bits per heavy atom. The third-order valence-corrected chi connectivity index (χ3v) is 4.63. The number of aromatic nitrogens is 2. The molecule has 1 heterocycles. The van der Waals surface area contributed by atoms with Crippen molar-refractivity contribution in [1.82, 2.24) is 9.78 Å². The molecule has 0 saturated carbocycles. The van der Waals surface area contributed by atoms with Gasteiger partial charge in [-0.3, -0.25) is 29.8 Å². The number of esters is 1. The van der Waals surface area contributed by atoms with Crippen LogP contribution in [0.2, 0.25) is 0 Å². The molecule has 2 aromatic rings. The van der Waals surface area contributed by atoms with Gasteiger partial charge in [0, 0.05) is 12.1 Å². The Balaban J connectivity index is 2.95. The van der Waals surface area contributed by atoms with E-state index in [-0.39, 0.29) is 17.9 Å². The minimum Gasteiger partial charge on any atom is -0.465 e. The molecule has 2 rings (SSSR count). The van der Waals surface area contributed by atoms with Gasteiger partial charge in [-0.1, -0.05) is 12.1 Å². The number of nitro benzene ring substituents is 1. The zero-order valence-electron chi connectivity index (χ0n) is 17.2. The molecule has 1 aromatic heterocycles. The number of benzene rings is 1. The summed E-state index contributed by atoms with van der Waals surface area (Å²) in [6.45, 7) is 7.90. The molecule has 0 saturated heterocycles. The van der Waals surface area contributed by atoms with Gasteiger partial charge in [-0.15, -0.1) is 0 Å². The Hall–Kier alpha value is -3.63. The largest absolute Gasteiger partial charge is 0.465 e. The number of rotatable bonds is 6. The number of nitrogens with zero attached hydrogens (tertiary/aromatic N) is 4. The van der Waals surface area contributed by atoms with Crippen molar-refractivity contribution in [3.8, 4) is 0 Å². The molecule has 0 aliphatic heterocycles. The molecule has 0 fully saturated rings. The van der Waals surface area contributed by atoms with Gasteiger partial charge in [0.25, 0.3) is 16.9 Å². The SMILES string of the molecule is CCOC(=O)C(C)(c1ccc([N+](=O)[O-])cc1)c1c([N+](=O)[O-])cnn(C(C)(C)C)c1=O. The highest BCUT2D eigenvalue weighted by atomic mass is 16.6. The average molecular weight is 418 g/mol. The van der Waals surface area contributed by atoms with Gasteiger partial charge >= 0.3 is 5.97 Å². The maximum Gasteiger partial charge on any atom is 0.321 e. The highest BCUT2D eigenvalue weighted by Crippen LogP contribution is 2.37. The van der Waals surface area contributed by atoms with Crippen molar-refractivity contribution in [3.05, 3.63) is 72.2 Å². The molecule has 0 N–H and O–H groups in total. The van der Waals surface area contributed by atoms with Gasteiger partial charge < -0.3 is 4.74 Å². The topological polar surface area (TPSA) is 147 Å². The number of hydrogen-bond donors (Lipinski definition) is 0. The van der Waals surface area contributed by atoms with Gasteiger partial charge in [0.05, 0.1) is 22.0 Å². The molecule has 0 bridgehead atoms. The fourth-order valence-electron chi connectivity index (χ4n) is 3.09. The van der Waals surface area contributed by atoms with Crippen LogP contribution in [0.15, 0.2) is 35.3 Å². The Kier molecular flexibility index (Phi) is 6.05. The normalized spacial score (nSPS) is 13.4. The number of non-ortho nitro benzene ring substituents is 1. The molecule has 0 aliphatic carbocycles. The summed E-state index contributed by atoms with van der Waals surface area (Å²) in [7, 11) is 0. The van der Waals surface area contributed by atoms with Crippen molar-refractivity contribution in [2.24, 2.45) is 0 Å². The molecule has 1 aromatic carbocycles. The second kappa shape index (κ2) is 8.01. The summed E-state index contributed by atoms with van der Waals surface area (Å²) in [6.07, 6.45) is 0.921. The monoisotopic (exact) mass is 418 g/mol. The van der Waals surface area contributed by atoms with E-state index in [4.69, 9.17) is 4.74 Å². The summed E-state index contributed by atoms with van der Waals surface area (Å²) in [5.74, 6) is -0.897. The predicted molar refractivity (Wildman–Crippen MR) is 106 cm³/mol. The molecule has 0 spiro atoms. The fraction of sp³-hybridized carbons (Fsp3) is 0.421. The van der Waals surface area contributed by atoms with E-state index in [1.807, 2.05) is 0 Å². The van der Waals surface area contributed by atoms with E-state index in [0.717, 1.165) is 23.0 Å². The molecular weight excluding hydrogens is 396 g/mol. The molecule has 0 amide bonds. The van der Waals surface area contributed by atoms with Crippen molar-refractivity contribution in [2.75, 3.05) is 6.61 Å². The number of carbonyl (C=O) groups excluding carboxylic acids is 1. The quantitative estimate of drug-likeness (QED) is 0.395. The highest BCUT2D eigenvalue weighted by Gasteiger charge is 2.47. The number of carbonyl (C=O) groups is 1. The predicted octanol–water partition coefficient (Wildman–Crippen LogP) is 2.68. The van der Waals surface area contributed by atoms with Crippen LogP contribution in [-0.4, -0.2) is 32.2 Å². The average Bonchev–Trinajstić information content (AvgIpc) is 2.66. The smallest absolute Gasteiger partial charge is 0.321 e. The van der Waals surface area contributed by atoms with E-state index in [1.54, 1.807) is 27.7 Å². The van der Waals surface area contributed by atoms with Crippen molar-refractivity contribution in [2.45, 2.75) is 45.6 Å². The first-order valence-corrected chi connectivity index (χ1v) is 9.05. The molecule has 0 radical (unpaired) electrons. The van der Waals surface area contributed by atoms with Gasteiger partial charge in [-0.2, -0.15) is 5.10 Å². The number of nitro groups is 2. The van der Waals surface area contributed by atoms with Crippen molar-refractivity contribution in [3.63, 3.8) is 0 Å². The van der Waals surface area contributed by atoms with Crippen molar-refractivity contribution >= 4 is 17.3 Å². The van der Waals surface area contributed by atoms with E-state index < -0.39 is 43.6 Å². The van der Waals surface area contributed by atoms with E-state index in [2.05, 4.69) is 5.10 Å². The third kappa shape index (κ3) is 3.91. The highest BCUT2D eigenvalue weighted by molar-refractivity contribution is 5.88. The summed E-state index contributed by atoms with van der Waals surface area (Å²) < 4.78 is 6.20. The molecule has 0 aliphatic rings. The Morgan fingerprint density at radius 3 is 2.10 bits per heavy atom. The van der Waals surface area contributed by atoms with Crippen molar-refractivity contribution < 1.29 is 19.4 Å². The van der Waals surface area contributed by atoms with E-state index >= 15 is 0 Å². The zero-order valence-corrected chi connectivity index (χ0v) is 17.2. The first kappa shape index (κ1) is 22.7. The van der Waals surface area contributed by atoms with Crippen LogP contribution >= 0.6 is 0 Å². The molecule has 11 heteroatoms. The van der Waals surface area contributed by atoms with E-state index in [9.17, 15) is 29.8 Å². The Labute approximate surface area is 171 Å². The van der Waals surface area contributed by atoms with Crippen LogP contribution < -0.4 is 5.56 Å². The van der Waals surface area contributed by atoms with Gasteiger partial charge in [-0.05, 0) is 40.2 Å². The molecule has 11 nitrogen and oxygen atoms in total. The lowest BCUT2D eigenvalue weighted by atomic mass is 9.76.